The smallest absolute Gasteiger partial charge is 0.158 e. The van der Waals surface area contributed by atoms with Crippen LogP contribution in [0.3, 0.4) is 0 Å². The molecular weight excluding hydrogens is 578 g/mol. The van der Waals surface area contributed by atoms with Crippen LogP contribution in [0.4, 0.5) is 5.69 Å². The molecule has 0 radical (unpaired) electrons. The molecule has 0 saturated heterocycles. The van der Waals surface area contributed by atoms with Gasteiger partial charge in [0.05, 0.1) is 4.90 Å². The van der Waals surface area contributed by atoms with Crippen LogP contribution in [0.25, 0.3) is 0 Å². The van der Waals surface area contributed by atoms with Crippen LogP contribution in [0.2, 0.25) is 5.02 Å². The maximum atomic E-state index is 10.3. The zero-order valence-electron chi connectivity index (χ0n) is 26.6. The molecule has 0 aromatic heterocycles. The van der Waals surface area contributed by atoms with Crippen molar-refractivity contribution < 1.29 is 9.47 Å². The zero-order chi connectivity index (χ0) is 31.5. The molecule has 0 unspecified atom stereocenters. The highest BCUT2D eigenvalue weighted by Crippen LogP contribution is 2.49. The molecule has 2 rings (SSSR count). The van der Waals surface area contributed by atoms with Crippen LogP contribution in [0.5, 0.6) is 11.5 Å². The zero-order valence-corrected chi connectivity index (χ0v) is 28.2. The second kappa shape index (κ2) is 21.1. The number of nitrogens with two attached hydrogens (primary N) is 1. The Morgan fingerprint density at radius 1 is 0.721 bits per heavy atom. The van der Waals surface area contributed by atoms with Gasteiger partial charge in [-0.15, -0.1) is 0 Å². The van der Waals surface area contributed by atoms with Crippen LogP contribution < -0.4 is 15.2 Å². The molecule has 0 aliphatic carbocycles. The molecule has 0 fully saturated rings. The highest BCUT2D eigenvalue weighted by atomic mass is 35.5. The van der Waals surface area contributed by atoms with Crippen molar-refractivity contribution in [1.29, 1.82) is 10.5 Å². The molecule has 0 aliphatic heterocycles. The first-order valence-corrected chi connectivity index (χ1v) is 17.1. The van der Waals surface area contributed by atoms with Gasteiger partial charge in [-0.25, -0.2) is 0 Å². The summed E-state index contributed by atoms with van der Waals surface area (Å²) in [6.45, 7) is 14.9. The van der Waals surface area contributed by atoms with E-state index in [0.717, 1.165) is 82.4 Å². The number of hydrogen-bond donors (Lipinski definition) is 1. The Kier molecular flexibility index (Phi) is 18.0. The predicted molar refractivity (Wildman–Crippen MR) is 179 cm³/mol. The van der Waals surface area contributed by atoms with E-state index in [1.165, 1.54) is 11.8 Å². The van der Waals surface area contributed by atoms with Crippen molar-refractivity contribution in [3.8, 4) is 23.6 Å². The summed E-state index contributed by atoms with van der Waals surface area (Å²) in [5.41, 5.74) is 7.13. The van der Waals surface area contributed by atoms with Gasteiger partial charge in [0.2, 0.25) is 0 Å². The van der Waals surface area contributed by atoms with Crippen LogP contribution in [0.15, 0.2) is 34.1 Å². The molecule has 0 bridgehead atoms. The summed E-state index contributed by atoms with van der Waals surface area (Å²) in [7, 11) is 0. The van der Waals surface area contributed by atoms with Crippen molar-refractivity contribution in [3.05, 3.63) is 40.4 Å². The molecule has 0 atom stereocenters. The number of nitrogens with zero attached hydrogens (tertiary/aromatic N) is 4. The third-order valence-corrected chi connectivity index (χ3v) is 8.94. The molecule has 0 saturated carbocycles. The quantitative estimate of drug-likeness (QED) is 0.130. The first-order chi connectivity index (χ1) is 20.9. The van der Waals surface area contributed by atoms with Gasteiger partial charge < -0.3 is 15.2 Å². The lowest BCUT2D eigenvalue weighted by atomic mass is 10.1. The molecule has 0 amide bonds. The van der Waals surface area contributed by atoms with E-state index in [0.29, 0.717) is 42.6 Å². The maximum Gasteiger partial charge on any atom is 0.158 e. The summed E-state index contributed by atoms with van der Waals surface area (Å²) < 4.78 is 12.6. The third-order valence-electron chi connectivity index (χ3n) is 7.28. The lowest BCUT2D eigenvalue weighted by Gasteiger charge is -2.24. The molecule has 2 aromatic rings. The second-order valence-corrected chi connectivity index (χ2v) is 12.1. The van der Waals surface area contributed by atoms with E-state index in [1.54, 1.807) is 0 Å². The Morgan fingerprint density at radius 2 is 1.16 bits per heavy atom. The largest absolute Gasteiger partial charge is 0.490 e. The average Bonchev–Trinajstić information content (AvgIpc) is 3.02. The van der Waals surface area contributed by atoms with E-state index in [1.807, 2.05) is 24.3 Å². The van der Waals surface area contributed by atoms with Crippen molar-refractivity contribution >= 4 is 29.1 Å². The summed E-state index contributed by atoms with van der Waals surface area (Å²) in [5.74, 6) is 0.534. The number of hydrogen-bond acceptors (Lipinski definition) is 8. The minimum atomic E-state index is 0.107. The van der Waals surface area contributed by atoms with Gasteiger partial charge in [-0.1, -0.05) is 88.9 Å². The highest BCUT2D eigenvalue weighted by molar-refractivity contribution is 7.99. The molecular formula is C34H50ClN5O2S. The van der Waals surface area contributed by atoms with Gasteiger partial charge in [0.25, 0.3) is 0 Å². The van der Waals surface area contributed by atoms with Crippen molar-refractivity contribution in [2.24, 2.45) is 0 Å². The highest BCUT2D eigenvalue weighted by Gasteiger charge is 2.27. The normalized spacial score (nSPS) is 11.1. The van der Waals surface area contributed by atoms with Crippen molar-refractivity contribution in [2.75, 3.05) is 58.2 Å². The number of rotatable bonds is 22. The number of unbranched alkanes of at least 4 members (excludes halogenated alkanes) is 4. The van der Waals surface area contributed by atoms with E-state index in [2.05, 4.69) is 49.6 Å². The van der Waals surface area contributed by atoms with Gasteiger partial charge in [0.1, 0.15) is 41.5 Å². The summed E-state index contributed by atoms with van der Waals surface area (Å²) in [4.78, 5) is 6.10. The summed E-state index contributed by atoms with van der Waals surface area (Å²) >= 11 is 8.37. The number of para-hydroxylation sites is 1. The topological polar surface area (TPSA) is 98.5 Å². The van der Waals surface area contributed by atoms with Crippen LogP contribution in [-0.4, -0.2) is 62.3 Å². The summed E-state index contributed by atoms with van der Waals surface area (Å²) in [5, 5.41) is 20.8. The Hall–Kier alpha value is -2.62. The SMILES string of the molecule is CCCCN(CCCC)CCOc1c(Cl)c(Sc2ccccc2N)c(OCCN(CCCC)CCCC)c(C#N)c1C#N. The second-order valence-electron chi connectivity index (χ2n) is 10.7. The summed E-state index contributed by atoms with van der Waals surface area (Å²) in [6.07, 6.45) is 8.97. The fourth-order valence-corrected chi connectivity index (χ4v) is 6.00. The number of nitriles is 2. The van der Waals surface area contributed by atoms with Gasteiger partial charge in [-0.3, -0.25) is 9.80 Å². The number of nitrogen functional groups attached to an aromatic ring is 1. The van der Waals surface area contributed by atoms with Crippen molar-refractivity contribution in [2.45, 2.75) is 88.9 Å². The van der Waals surface area contributed by atoms with Crippen molar-refractivity contribution in [3.63, 3.8) is 0 Å². The molecule has 43 heavy (non-hydrogen) atoms. The molecule has 7 nitrogen and oxygen atoms in total. The molecule has 2 aromatic carbocycles. The first-order valence-electron chi connectivity index (χ1n) is 15.9. The van der Waals surface area contributed by atoms with Gasteiger partial charge in [-0.05, 0) is 64.0 Å². The third kappa shape index (κ3) is 11.8. The summed E-state index contributed by atoms with van der Waals surface area (Å²) in [6, 6.07) is 11.9. The van der Waals surface area contributed by atoms with E-state index in [-0.39, 0.29) is 21.9 Å². The Bertz CT molecular complexity index is 1180. The maximum absolute atomic E-state index is 10.3. The number of anilines is 1. The van der Waals surface area contributed by atoms with Crippen LogP contribution in [-0.2, 0) is 0 Å². The van der Waals surface area contributed by atoms with E-state index in [4.69, 9.17) is 26.8 Å². The molecule has 0 heterocycles. The van der Waals surface area contributed by atoms with Crippen LogP contribution in [0.1, 0.15) is 90.2 Å². The average molecular weight is 628 g/mol. The van der Waals surface area contributed by atoms with Crippen LogP contribution >= 0.6 is 23.4 Å². The number of benzene rings is 2. The van der Waals surface area contributed by atoms with E-state index >= 15 is 0 Å². The molecule has 236 valence electrons. The van der Waals surface area contributed by atoms with Gasteiger partial charge in [0, 0.05) is 23.7 Å². The minimum absolute atomic E-state index is 0.107. The Labute approximate surface area is 269 Å². The fourth-order valence-electron chi connectivity index (χ4n) is 4.67. The lowest BCUT2D eigenvalue weighted by Crippen LogP contribution is -2.31. The molecule has 0 spiro atoms. The van der Waals surface area contributed by atoms with Crippen molar-refractivity contribution in [1.82, 2.24) is 9.80 Å². The monoisotopic (exact) mass is 627 g/mol. The van der Waals surface area contributed by atoms with Crippen LogP contribution in [0, 0.1) is 22.7 Å². The first kappa shape index (κ1) is 36.6. The fraction of sp³-hybridized carbons (Fsp3) is 0.588. The van der Waals surface area contributed by atoms with Gasteiger partial charge >= 0.3 is 0 Å². The van der Waals surface area contributed by atoms with Gasteiger partial charge in [0.15, 0.2) is 11.5 Å². The molecule has 0 aliphatic rings. The Balaban J connectivity index is 2.44. The molecule has 9 heteroatoms. The predicted octanol–water partition coefficient (Wildman–Crippen LogP) is 8.38. The number of halogens is 1. The van der Waals surface area contributed by atoms with E-state index in [9.17, 15) is 10.5 Å². The lowest BCUT2D eigenvalue weighted by molar-refractivity contribution is 0.199. The van der Waals surface area contributed by atoms with E-state index < -0.39 is 0 Å². The van der Waals surface area contributed by atoms with Gasteiger partial charge in [-0.2, -0.15) is 10.5 Å². The minimum Gasteiger partial charge on any atom is -0.490 e. The number of ether oxygens (including phenoxy) is 2. The molecule has 2 N–H and O–H groups in total. The Morgan fingerprint density at radius 3 is 1.60 bits per heavy atom. The standard InChI is InChI=1S/C34H50ClN5O2S/c1-5-9-17-39(18-10-6-2)21-23-41-32-27(25-36)28(26-37)33(42-24-22-40(19-11-7-3)20-12-8-4)34(31(32)35)43-30-16-14-13-15-29(30)38/h13-16H,5-12,17-24,38H2,1-4H3.